The molecule has 0 N–H and O–H groups in total. The van der Waals surface area contributed by atoms with E-state index in [0.717, 1.165) is 22.7 Å². The Hall–Kier alpha value is -1.44. The van der Waals surface area contributed by atoms with Crippen LogP contribution in [-0.2, 0) is 20.1 Å². The van der Waals surface area contributed by atoms with Crippen LogP contribution in [-0.4, -0.2) is 12.8 Å². The average molecular weight is 418 g/mol. The third kappa shape index (κ3) is 3.79. The van der Waals surface area contributed by atoms with E-state index in [-0.39, 0.29) is 20.1 Å². The Morgan fingerprint density at radius 3 is 2.11 bits per heavy atom. The maximum Gasteiger partial charge on any atom is 0.119 e. The van der Waals surface area contributed by atoms with Crippen molar-refractivity contribution in [3.63, 3.8) is 0 Å². The molecule has 2 rings (SSSR count). The molecule has 0 saturated carbocycles. The van der Waals surface area contributed by atoms with Gasteiger partial charge in [-0.05, 0) is 36.8 Å². The molecular formula is C15H15IrNO. The molecular weight excluding hydrogens is 402 g/mol. The summed E-state index contributed by atoms with van der Waals surface area (Å²) in [7, 11) is 1.66. The standard InChI is InChI=1S/C15H15NO.Ir/c1-12(13-6-4-3-5-7-13)16-14-8-10-15(17-2)11-9-14;/h3-11H,1-2H3;. The Labute approximate surface area is 121 Å². The van der Waals surface area contributed by atoms with Crippen LogP contribution in [0.5, 0.6) is 5.75 Å². The minimum atomic E-state index is 0. The van der Waals surface area contributed by atoms with Gasteiger partial charge >= 0.3 is 0 Å². The van der Waals surface area contributed by atoms with E-state index in [4.69, 9.17) is 4.74 Å². The van der Waals surface area contributed by atoms with E-state index in [1.807, 2.05) is 49.4 Å². The van der Waals surface area contributed by atoms with E-state index >= 15 is 0 Å². The van der Waals surface area contributed by atoms with Gasteiger partial charge in [0.05, 0.1) is 12.8 Å². The molecule has 0 unspecified atom stereocenters. The number of hydrogen-bond donors (Lipinski definition) is 0. The van der Waals surface area contributed by atoms with Gasteiger partial charge in [0.25, 0.3) is 0 Å². The molecule has 3 heteroatoms. The summed E-state index contributed by atoms with van der Waals surface area (Å²) in [5, 5.41) is 0. The van der Waals surface area contributed by atoms with Crippen LogP contribution in [0.3, 0.4) is 0 Å². The Balaban J connectivity index is 0.00000162. The van der Waals surface area contributed by atoms with Crippen molar-refractivity contribution < 1.29 is 24.8 Å². The minimum Gasteiger partial charge on any atom is -0.497 e. The van der Waals surface area contributed by atoms with E-state index in [1.54, 1.807) is 7.11 Å². The smallest absolute Gasteiger partial charge is 0.119 e. The van der Waals surface area contributed by atoms with Gasteiger partial charge in [0.1, 0.15) is 5.75 Å². The zero-order valence-electron chi connectivity index (χ0n) is 10.4. The maximum atomic E-state index is 5.11. The largest absolute Gasteiger partial charge is 0.497 e. The van der Waals surface area contributed by atoms with E-state index in [2.05, 4.69) is 17.1 Å². The quantitative estimate of drug-likeness (QED) is 0.696. The van der Waals surface area contributed by atoms with Crippen LogP contribution < -0.4 is 4.74 Å². The second-order valence-corrected chi connectivity index (χ2v) is 3.76. The van der Waals surface area contributed by atoms with Gasteiger partial charge in [0, 0.05) is 25.8 Å². The summed E-state index contributed by atoms with van der Waals surface area (Å²) in [5.41, 5.74) is 3.09. The van der Waals surface area contributed by atoms with Crippen LogP contribution in [0.25, 0.3) is 0 Å². The molecule has 0 saturated heterocycles. The second kappa shape index (κ2) is 7.10. The van der Waals surface area contributed by atoms with Crippen molar-refractivity contribution in [2.75, 3.05) is 7.11 Å². The van der Waals surface area contributed by atoms with Crippen molar-refractivity contribution in [3.05, 3.63) is 60.2 Å². The first-order chi connectivity index (χ1) is 8.29. The van der Waals surface area contributed by atoms with Crippen molar-refractivity contribution in [3.8, 4) is 5.75 Å². The molecule has 0 aliphatic carbocycles. The molecule has 95 valence electrons. The molecule has 0 aliphatic rings. The predicted molar refractivity (Wildman–Crippen MR) is 71.3 cm³/mol. The first kappa shape index (κ1) is 14.6. The third-order valence-electron chi connectivity index (χ3n) is 2.56. The Morgan fingerprint density at radius 2 is 1.56 bits per heavy atom. The molecule has 2 aromatic rings. The van der Waals surface area contributed by atoms with Crippen LogP contribution in [0.4, 0.5) is 5.69 Å². The zero-order valence-corrected chi connectivity index (χ0v) is 12.8. The number of ether oxygens (including phenoxy) is 1. The average Bonchev–Trinajstić information content (AvgIpc) is 2.40. The van der Waals surface area contributed by atoms with Gasteiger partial charge in [-0.3, -0.25) is 4.99 Å². The SMILES string of the molecule is COc1ccc(N=C(C)c2ccccc2)cc1.[Ir]. The number of nitrogens with zero attached hydrogens (tertiary/aromatic N) is 1. The number of hydrogen-bond acceptors (Lipinski definition) is 2. The first-order valence-electron chi connectivity index (χ1n) is 5.54. The minimum absolute atomic E-state index is 0. The van der Waals surface area contributed by atoms with Crippen molar-refractivity contribution in [1.29, 1.82) is 0 Å². The summed E-state index contributed by atoms with van der Waals surface area (Å²) >= 11 is 0. The normalized spacial score (nSPS) is 10.7. The summed E-state index contributed by atoms with van der Waals surface area (Å²) in [5.74, 6) is 0.848. The van der Waals surface area contributed by atoms with E-state index in [0.29, 0.717) is 0 Å². The summed E-state index contributed by atoms with van der Waals surface area (Å²) in [6.07, 6.45) is 0. The van der Waals surface area contributed by atoms with E-state index in [9.17, 15) is 0 Å². The molecule has 0 heterocycles. The summed E-state index contributed by atoms with van der Waals surface area (Å²) < 4.78 is 5.11. The van der Waals surface area contributed by atoms with Gasteiger partial charge in [-0.2, -0.15) is 0 Å². The number of benzene rings is 2. The second-order valence-electron chi connectivity index (χ2n) is 3.76. The van der Waals surface area contributed by atoms with Crippen LogP contribution in [0.1, 0.15) is 12.5 Å². The number of methoxy groups -OCH3 is 1. The molecule has 0 bridgehead atoms. The van der Waals surface area contributed by atoms with E-state index < -0.39 is 0 Å². The van der Waals surface area contributed by atoms with Gasteiger partial charge in [-0.1, -0.05) is 30.3 Å². The van der Waals surface area contributed by atoms with Gasteiger partial charge in [0.2, 0.25) is 0 Å². The molecule has 1 radical (unpaired) electrons. The van der Waals surface area contributed by atoms with Crippen LogP contribution in [0, 0.1) is 0 Å². The summed E-state index contributed by atoms with van der Waals surface area (Å²) in [6.45, 7) is 2.01. The van der Waals surface area contributed by atoms with Gasteiger partial charge in [-0.15, -0.1) is 0 Å². The topological polar surface area (TPSA) is 21.6 Å². The molecule has 2 nitrogen and oxygen atoms in total. The van der Waals surface area contributed by atoms with Crippen molar-refractivity contribution in [2.24, 2.45) is 4.99 Å². The summed E-state index contributed by atoms with van der Waals surface area (Å²) in [6, 6.07) is 17.9. The van der Waals surface area contributed by atoms with Crippen LogP contribution in [0.2, 0.25) is 0 Å². The molecule has 18 heavy (non-hydrogen) atoms. The number of rotatable bonds is 3. The molecule has 0 amide bonds. The Morgan fingerprint density at radius 1 is 0.944 bits per heavy atom. The molecule has 0 aliphatic heterocycles. The van der Waals surface area contributed by atoms with Crippen molar-refractivity contribution in [1.82, 2.24) is 0 Å². The fourth-order valence-corrected chi connectivity index (χ4v) is 1.59. The Kier molecular flexibility index (Phi) is 5.76. The molecule has 0 fully saturated rings. The zero-order chi connectivity index (χ0) is 12.1. The van der Waals surface area contributed by atoms with Crippen LogP contribution >= 0.6 is 0 Å². The van der Waals surface area contributed by atoms with Gasteiger partial charge in [0.15, 0.2) is 0 Å². The fraction of sp³-hybridized carbons (Fsp3) is 0.133. The van der Waals surface area contributed by atoms with Crippen molar-refractivity contribution >= 4 is 11.4 Å². The molecule has 0 aromatic heterocycles. The first-order valence-corrected chi connectivity index (χ1v) is 5.54. The predicted octanol–water partition coefficient (Wildman–Crippen LogP) is 3.83. The van der Waals surface area contributed by atoms with Gasteiger partial charge in [-0.25, -0.2) is 0 Å². The molecule has 2 aromatic carbocycles. The van der Waals surface area contributed by atoms with Crippen molar-refractivity contribution in [2.45, 2.75) is 6.92 Å². The monoisotopic (exact) mass is 418 g/mol. The fourth-order valence-electron chi connectivity index (χ4n) is 1.59. The van der Waals surface area contributed by atoms with Gasteiger partial charge < -0.3 is 4.74 Å². The molecule has 0 spiro atoms. The molecule has 0 atom stereocenters. The third-order valence-corrected chi connectivity index (χ3v) is 2.56. The Bertz CT molecular complexity index is 506. The van der Waals surface area contributed by atoms with E-state index in [1.165, 1.54) is 0 Å². The maximum absolute atomic E-state index is 5.11. The number of aliphatic imine (C=N–C) groups is 1. The van der Waals surface area contributed by atoms with Crippen LogP contribution in [0.15, 0.2) is 59.6 Å². The summed E-state index contributed by atoms with van der Waals surface area (Å²) in [4.78, 5) is 4.57.